The molecule has 68 valence electrons. The van der Waals surface area contributed by atoms with Gasteiger partial charge in [0.2, 0.25) is 0 Å². The van der Waals surface area contributed by atoms with Gasteiger partial charge in [-0.2, -0.15) is 0 Å². The summed E-state index contributed by atoms with van der Waals surface area (Å²) in [5.74, 6) is 0. The minimum absolute atomic E-state index is 0.0114. The van der Waals surface area contributed by atoms with Crippen molar-refractivity contribution in [3.8, 4) is 9.88 Å². The Bertz CT molecular complexity index is 396. The van der Waals surface area contributed by atoms with E-state index in [-0.39, 0.29) is 6.61 Å². The molecule has 13 heavy (non-hydrogen) atoms. The van der Waals surface area contributed by atoms with E-state index in [0.717, 1.165) is 13.7 Å². The van der Waals surface area contributed by atoms with Gasteiger partial charge in [0.05, 0.1) is 21.0 Å². The molecule has 0 fully saturated rings. The number of hydrogen-bond acceptors (Lipinski definition) is 4. The maximum absolute atomic E-state index is 8.95. The van der Waals surface area contributed by atoms with E-state index in [2.05, 4.69) is 20.9 Å². The lowest BCUT2D eigenvalue weighted by molar-refractivity contribution is 0.277. The van der Waals surface area contributed by atoms with E-state index in [4.69, 9.17) is 5.11 Å². The highest BCUT2D eigenvalue weighted by atomic mass is 79.9. The van der Waals surface area contributed by atoms with Crippen molar-refractivity contribution in [1.82, 2.24) is 4.98 Å². The van der Waals surface area contributed by atoms with Crippen LogP contribution in [0.3, 0.4) is 0 Å². The maximum atomic E-state index is 8.95. The van der Waals surface area contributed by atoms with Crippen LogP contribution in [-0.4, -0.2) is 10.1 Å². The molecule has 0 aromatic carbocycles. The molecule has 0 aliphatic rings. The first kappa shape index (κ1) is 9.33. The minimum Gasteiger partial charge on any atom is -0.390 e. The first-order chi connectivity index (χ1) is 6.31. The van der Waals surface area contributed by atoms with E-state index in [1.165, 1.54) is 0 Å². The van der Waals surface area contributed by atoms with Crippen molar-refractivity contribution in [2.24, 2.45) is 0 Å². The summed E-state index contributed by atoms with van der Waals surface area (Å²) < 4.78 is 0.915. The first-order valence-corrected chi connectivity index (χ1v) is 6.10. The Morgan fingerprint density at radius 1 is 1.54 bits per heavy atom. The van der Waals surface area contributed by atoms with Gasteiger partial charge in [-0.3, -0.25) is 0 Å². The molecule has 0 amide bonds. The summed E-state index contributed by atoms with van der Waals surface area (Å²) in [5.41, 5.74) is 0.716. The number of nitrogens with zero attached hydrogens (tertiary/aromatic N) is 1. The molecule has 0 unspecified atom stereocenters. The van der Waals surface area contributed by atoms with Crippen LogP contribution in [0.25, 0.3) is 9.88 Å². The number of thiazole rings is 1. The molecule has 2 nitrogen and oxygen atoms in total. The molecule has 5 heteroatoms. The van der Waals surface area contributed by atoms with Crippen LogP contribution in [0.15, 0.2) is 21.3 Å². The highest BCUT2D eigenvalue weighted by Crippen LogP contribution is 2.34. The second-order valence-corrected chi connectivity index (χ2v) is 5.64. The van der Waals surface area contributed by atoms with Crippen LogP contribution in [0.2, 0.25) is 0 Å². The van der Waals surface area contributed by atoms with Crippen LogP contribution in [0.5, 0.6) is 0 Å². The summed E-state index contributed by atoms with van der Waals surface area (Å²) in [5, 5.41) is 11.9. The smallest absolute Gasteiger partial charge is 0.134 e. The van der Waals surface area contributed by atoms with Gasteiger partial charge in [0.1, 0.15) is 5.01 Å². The minimum atomic E-state index is -0.0114. The topological polar surface area (TPSA) is 33.1 Å². The summed E-state index contributed by atoms with van der Waals surface area (Å²) in [4.78, 5) is 5.45. The van der Waals surface area contributed by atoms with Crippen molar-refractivity contribution in [1.29, 1.82) is 0 Å². The Hall–Kier alpha value is -0.230. The lowest BCUT2D eigenvalue weighted by Gasteiger charge is -1.86. The van der Waals surface area contributed by atoms with Gasteiger partial charge in [-0.25, -0.2) is 4.98 Å². The monoisotopic (exact) mass is 275 g/mol. The second-order valence-electron chi connectivity index (χ2n) is 2.37. The van der Waals surface area contributed by atoms with Crippen LogP contribution in [0.1, 0.15) is 5.69 Å². The number of aliphatic hydroxyl groups excluding tert-OH is 1. The van der Waals surface area contributed by atoms with E-state index in [1.807, 2.05) is 17.5 Å². The standard InChI is InChI=1S/C8H6BrNOS2/c9-7-5(4-11)10-8(13-7)6-2-1-3-12-6/h1-3,11H,4H2. The molecule has 0 spiro atoms. The van der Waals surface area contributed by atoms with Gasteiger partial charge in [0.25, 0.3) is 0 Å². The highest BCUT2D eigenvalue weighted by Gasteiger charge is 2.09. The molecular formula is C8H6BrNOS2. The van der Waals surface area contributed by atoms with Crippen LogP contribution >= 0.6 is 38.6 Å². The molecule has 1 N–H and O–H groups in total. The first-order valence-electron chi connectivity index (χ1n) is 3.61. The molecule has 0 saturated carbocycles. The molecule has 0 atom stereocenters. The zero-order chi connectivity index (χ0) is 9.26. The normalized spacial score (nSPS) is 10.6. The quantitative estimate of drug-likeness (QED) is 0.914. The molecule has 0 aliphatic carbocycles. The zero-order valence-electron chi connectivity index (χ0n) is 6.53. The van der Waals surface area contributed by atoms with Crippen molar-refractivity contribution in [3.63, 3.8) is 0 Å². The predicted molar refractivity (Wildman–Crippen MR) is 59.0 cm³/mol. The fourth-order valence-electron chi connectivity index (χ4n) is 0.936. The van der Waals surface area contributed by atoms with Gasteiger partial charge in [-0.15, -0.1) is 22.7 Å². The SMILES string of the molecule is OCc1nc(-c2cccs2)sc1Br. The largest absolute Gasteiger partial charge is 0.390 e. The highest BCUT2D eigenvalue weighted by molar-refractivity contribution is 9.11. The third-order valence-electron chi connectivity index (χ3n) is 1.53. The van der Waals surface area contributed by atoms with E-state index in [0.29, 0.717) is 5.69 Å². The summed E-state index contributed by atoms with van der Waals surface area (Å²) >= 11 is 6.57. The molecule has 0 bridgehead atoms. The third kappa shape index (κ3) is 1.83. The summed E-state index contributed by atoms with van der Waals surface area (Å²) in [6.45, 7) is -0.0114. The Morgan fingerprint density at radius 2 is 2.38 bits per heavy atom. The van der Waals surface area contributed by atoms with Gasteiger partial charge < -0.3 is 5.11 Å². The summed E-state index contributed by atoms with van der Waals surface area (Å²) in [6, 6.07) is 4.02. The van der Waals surface area contributed by atoms with Crippen molar-refractivity contribution >= 4 is 38.6 Å². The number of hydrogen-bond donors (Lipinski definition) is 1. The van der Waals surface area contributed by atoms with Gasteiger partial charge in [0.15, 0.2) is 0 Å². The van der Waals surface area contributed by atoms with E-state index < -0.39 is 0 Å². The molecular weight excluding hydrogens is 270 g/mol. The van der Waals surface area contributed by atoms with E-state index in [1.54, 1.807) is 22.7 Å². The Kier molecular flexibility index (Phi) is 2.78. The van der Waals surface area contributed by atoms with Crippen molar-refractivity contribution in [2.45, 2.75) is 6.61 Å². The van der Waals surface area contributed by atoms with Gasteiger partial charge in [0, 0.05) is 0 Å². The van der Waals surface area contributed by atoms with Crippen LogP contribution < -0.4 is 0 Å². The number of aliphatic hydroxyl groups is 1. The molecule has 0 aliphatic heterocycles. The van der Waals surface area contributed by atoms with Crippen LogP contribution in [0, 0.1) is 0 Å². The van der Waals surface area contributed by atoms with E-state index >= 15 is 0 Å². The fourth-order valence-corrected chi connectivity index (χ4v) is 3.21. The maximum Gasteiger partial charge on any atom is 0.134 e. The van der Waals surface area contributed by atoms with Crippen molar-refractivity contribution in [3.05, 3.63) is 27.0 Å². The summed E-state index contributed by atoms with van der Waals surface area (Å²) in [7, 11) is 0. The number of rotatable bonds is 2. The Labute approximate surface area is 92.0 Å². The lowest BCUT2D eigenvalue weighted by Crippen LogP contribution is -1.82. The number of aromatic nitrogens is 1. The second kappa shape index (κ2) is 3.88. The third-order valence-corrected chi connectivity index (χ3v) is 4.40. The molecule has 2 heterocycles. The number of thiophene rings is 1. The summed E-state index contributed by atoms with van der Waals surface area (Å²) in [6.07, 6.45) is 0. The fraction of sp³-hybridized carbons (Fsp3) is 0.125. The van der Waals surface area contributed by atoms with Crippen LogP contribution in [0.4, 0.5) is 0 Å². The van der Waals surface area contributed by atoms with Crippen molar-refractivity contribution < 1.29 is 5.11 Å². The van der Waals surface area contributed by atoms with Crippen molar-refractivity contribution in [2.75, 3.05) is 0 Å². The zero-order valence-corrected chi connectivity index (χ0v) is 9.75. The van der Waals surface area contributed by atoms with Gasteiger partial charge in [-0.05, 0) is 27.4 Å². The van der Waals surface area contributed by atoms with E-state index in [9.17, 15) is 0 Å². The Balaban J connectivity index is 2.43. The lowest BCUT2D eigenvalue weighted by atomic mass is 10.5. The molecule has 0 radical (unpaired) electrons. The molecule has 0 saturated heterocycles. The number of halogens is 1. The molecule has 2 aromatic rings. The van der Waals surface area contributed by atoms with Gasteiger partial charge in [-0.1, -0.05) is 6.07 Å². The predicted octanol–water partition coefficient (Wildman–Crippen LogP) is 3.13. The average molecular weight is 276 g/mol. The van der Waals surface area contributed by atoms with Crippen LogP contribution in [-0.2, 0) is 6.61 Å². The average Bonchev–Trinajstić information content (AvgIpc) is 2.71. The van der Waals surface area contributed by atoms with Gasteiger partial charge >= 0.3 is 0 Å². The molecule has 2 rings (SSSR count). The Morgan fingerprint density at radius 3 is 2.92 bits per heavy atom. The molecule has 2 aromatic heterocycles.